The monoisotopic (exact) mass is 271 g/mol. The van der Waals surface area contributed by atoms with Crippen molar-refractivity contribution in [1.29, 1.82) is 0 Å². The smallest absolute Gasteiger partial charge is 0.328 e. The number of H-pyrrole nitrogens is 1. The number of nitrogens with one attached hydrogen (secondary N) is 1. The van der Waals surface area contributed by atoms with Crippen LogP contribution in [0.15, 0.2) is 35.3 Å². The maximum Gasteiger partial charge on any atom is 0.419 e. The van der Waals surface area contributed by atoms with Crippen molar-refractivity contribution < 1.29 is 17.6 Å². The van der Waals surface area contributed by atoms with E-state index in [4.69, 9.17) is 0 Å². The van der Waals surface area contributed by atoms with Crippen LogP contribution in [-0.2, 0) is 6.18 Å². The molecule has 1 aromatic heterocycles. The first-order chi connectivity index (χ1) is 8.79. The molecule has 2 rings (SSSR count). The van der Waals surface area contributed by atoms with Crippen molar-refractivity contribution in [3.05, 3.63) is 57.8 Å². The van der Waals surface area contributed by atoms with Gasteiger partial charge in [-0.1, -0.05) is 6.07 Å². The lowest BCUT2D eigenvalue weighted by Crippen LogP contribution is -2.09. The van der Waals surface area contributed by atoms with Gasteiger partial charge in [0.1, 0.15) is 5.82 Å². The van der Waals surface area contributed by atoms with Gasteiger partial charge in [-0.2, -0.15) is 13.2 Å². The van der Waals surface area contributed by atoms with Crippen molar-refractivity contribution in [2.45, 2.75) is 13.1 Å². The first kappa shape index (κ1) is 13.3. The van der Waals surface area contributed by atoms with Crippen LogP contribution in [0.25, 0.3) is 11.1 Å². The number of pyridine rings is 1. The van der Waals surface area contributed by atoms with Crippen LogP contribution in [0, 0.1) is 12.7 Å². The van der Waals surface area contributed by atoms with E-state index < -0.39 is 17.6 Å². The van der Waals surface area contributed by atoms with Crippen LogP contribution in [-0.4, -0.2) is 4.98 Å². The van der Waals surface area contributed by atoms with E-state index in [2.05, 4.69) is 4.98 Å². The normalized spacial score (nSPS) is 11.6. The van der Waals surface area contributed by atoms with Crippen molar-refractivity contribution in [3.8, 4) is 11.1 Å². The highest BCUT2D eigenvalue weighted by atomic mass is 19.4. The lowest BCUT2D eigenvalue weighted by Gasteiger charge is -2.09. The minimum absolute atomic E-state index is 0.268. The van der Waals surface area contributed by atoms with Gasteiger partial charge in [0.2, 0.25) is 0 Å². The number of alkyl halides is 3. The van der Waals surface area contributed by atoms with Gasteiger partial charge in [-0.3, -0.25) is 4.79 Å². The molecule has 0 spiro atoms. The van der Waals surface area contributed by atoms with Crippen LogP contribution in [0.5, 0.6) is 0 Å². The molecule has 2 aromatic rings. The standard InChI is InChI=1S/C13H9F4NO/c1-7-4-9(6-18-12(7)19)8-2-3-10(11(14)5-8)13(15,16)17/h2-6H,1H3,(H,18,19). The van der Waals surface area contributed by atoms with E-state index in [1.54, 1.807) is 6.92 Å². The number of aromatic nitrogens is 1. The number of aryl methyl sites for hydroxylation is 1. The Hall–Kier alpha value is -2.11. The molecular weight excluding hydrogens is 262 g/mol. The Bertz CT molecular complexity index is 673. The van der Waals surface area contributed by atoms with E-state index in [1.807, 2.05) is 0 Å². The summed E-state index contributed by atoms with van der Waals surface area (Å²) in [6, 6.07) is 4.14. The number of rotatable bonds is 1. The third kappa shape index (κ3) is 2.67. The fraction of sp³-hybridized carbons (Fsp3) is 0.154. The summed E-state index contributed by atoms with van der Waals surface area (Å²) < 4.78 is 50.7. The molecule has 0 bridgehead atoms. The van der Waals surface area contributed by atoms with Crippen LogP contribution in [0.4, 0.5) is 17.6 Å². The van der Waals surface area contributed by atoms with Gasteiger partial charge in [0.25, 0.3) is 5.56 Å². The van der Waals surface area contributed by atoms with Gasteiger partial charge in [0.15, 0.2) is 0 Å². The molecule has 19 heavy (non-hydrogen) atoms. The van der Waals surface area contributed by atoms with Gasteiger partial charge in [0, 0.05) is 11.8 Å². The van der Waals surface area contributed by atoms with E-state index in [-0.39, 0.29) is 11.1 Å². The SMILES string of the molecule is Cc1cc(-c2ccc(C(F)(F)F)c(F)c2)c[nH]c1=O. The minimum Gasteiger partial charge on any atom is -0.328 e. The second-order valence-corrected chi connectivity index (χ2v) is 4.09. The molecule has 0 saturated carbocycles. The Labute approximate surface area is 105 Å². The average Bonchev–Trinajstić information content (AvgIpc) is 2.31. The number of halogens is 4. The second kappa shape index (κ2) is 4.53. The van der Waals surface area contributed by atoms with Crippen LogP contribution in [0.3, 0.4) is 0 Å². The zero-order chi connectivity index (χ0) is 14.2. The minimum atomic E-state index is -4.72. The zero-order valence-electron chi connectivity index (χ0n) is 9.81. The summed E-state index contributed by atoms with van der Waals surface area (Å²) in [6.07, 6.45) is -3.39. The maximum atomic E-state index is 13.4. The zero-order valence-corrected chi connectivity index (χ0v) is 9.81. The summed E-state index contributed by atoms with van der Waals surface area (Å²) in [5.74, 6) is -1.34. The fourth-order valence-corrected chi connectivity index (χ4v) is 1.69. The van der Waals surface area contributed by atoms with Gasteiger partial charge in [0.05, 0.1) is 5.56 Å². The molecule has 0 unspecified atom stereocenters. The number of benzene rings is 1. The Morgan fingerprint density at radius 2 is 1.79 bits per heavy atom. The maximum absolute atomic E-state index is 13.4. The first-order valence-electron chi connectivity index (χ1n) is 5.35. The van der Waals surface area contributed by atoms with E-state index >= 15 is 0 Å². The quantitative estimate of drug-likeness (QED) is 0.791. The molecule has 1 N–H and O–H groups in total. The molecule has 0 amide bonds. The lowest BCUT2D eigenvalue weighted by atomic mass is 10.0. The summed E-state index contributed by atoms with van der Waals surface area (Å²) in [7, 11) is 0. The summed E-state index contributed by atoms with van der Waals surface area (Å²) in [5.41, 5.74) is -0.485. The van der Waals surface area contributed by atoms with Gasteiger partial charge in [-0.25, -0.2) is 4.39 Å². The molecule has 0 radical (unpaired) electrons. The topological polar surface area (TPSA) is 32.9 Å². The molecule has 0 saturated heterocycles. The Balaban J connectivity index is 2.50. The van der Waals surface area contributed by atoms with Crippen molar-refractivity contribution >= 4 is 0 Å². The molecule has 0 atom stereocenters. The summed E-state index contributed by atoms with van der Waals surface area (Å²) >= 11 is 0. The Morgan fingerprint density at radius 1 is 1.11 bits per heavy atom. The molecule has 0 aliphatic rings. The van der Waals surface area contributed by atoms with E-state index in [9.17, 15) is 22.4 Å². The predicted molar refractivity (Wildman–Crippen MR) is 62.2 cm³/mol. The molecule has 0 aliphatic carbocycles. The van der Waals surface area contributed by atoms with Crippen molar-refractivity contribution in [2.75, 3.05) is 0 Å². The third-order valence-corrected chi connectivity index (χ3v) is 2.70. The van der Waals surface area contributed by atoms with E-state index in [0.29, 0.717) is 17.2 Å². The fourth-order valence-electron chi connectivity index (χ4n) is 1.69. The Morgan fingerprint density at radius 3 is 2.32 bits per heavy atom. The first-order valence-corrected chi connectivity index (χ1v) is 5.35. The summed E-state index contributed by atoms with van der Waals surface area (Å²) in [5, 5.41) is 0. The van der Waals surface area contributed by atoms with Gasteiger partial charge >= 0.3 is 6.18 Å². The van der Waals surface area contributed by atoms with Crippen molar-refractivity contribution in [1.82, 2.24) is 4.98 Å². The predicted octanol–water partition coefficient (Wildman–Crippen LogP) is 3.51. The Kier molecular flexibility index (Phi) is 3.18. The van der Waals surface area contributed by atoms with Crippen LogP contribution < -0.4 is 5.56 Å². The molecule has 0 fully saturated rings. The van der Waals surface area contributed by atoms with Gasteiger partial charge in [-0.15, -0.1) is 0 Å². The van der Waals surface area contributed by atoms with Gasteiger partial charge in [-0.05, 0) is 36.2 Å². The molecule has 0 aliphatic heterocycles. The van der Waals surface area contributed by atoms with Crippen molar-refractivity contribution in [2.24, 2.45) is 0 Å². The number of hydrogen-bond donors (Lipinski definition) is 1. The molecule has 2 nitrogen and oxygen atoms in total. The summed E-state index contributed by atoms with van der Waals surface area (Å²) in [6.45, 7) is 1.56. The number of hydrogen-bond acceptors (Lipinski definition) is 1. The second-order valence-electron chi connectivity index (χ2n) is 4.09. The highest BCUT2D eigenvalue weighted by Crippen LogP contribution is 2.33. The highest BCUT2D eigenvalue weighted by Gasteiger charge is 2.33. The summed E-state index contributed by atoms with van der Waals surface area (Å²) in [4.78, 5) is 13.6. The van der Waals surface area contributed by atoms with E-state index in [1.165, 1.54) is 18.3 Å². The molecule has 1 heterocycles. The lowest BCUT2D eigenvalue weighted by molar-refractivity contribution is -0.139. The van der Waals surface area contributed by atoms with Crippen LogP contribution >= 0.6 is 0 Å². The third-order valence-electron chi connectivity index (χ3n) is 2.70. The average molecular weight is 271 g/mol. The van der Waals surface area contributed by atoms with Crippen LogP contribution in [0.2, 0.25) is 0 Å². The van der Waals surface area contributed by atoms with E-state index in [0.717, 1.165) is 6.07 Å². The largest absolute Gasteiger partial charge is 0.419 e. The number of aromatic amines is 1. The molecule has 1 aromatic carbocycles. The molecule has 6 heteroatoms. The van der Waals surface area contributed by atoms with Crippen molar-refractivity contribution in [3.63, 3.8) is 0 Å². The van der Waals surface area contributed by atoms with Gasteiger partial charge < -0.3 is 4.98 Å². The molecular formula is C13H9F4NO. The molecule has 100 valence electrons. The highest BCUT2D eigenvalue weighted by molar-refractivity contribution is 5.63. The van der Waals surface area contributed by atoms with Crippen LogP contribution in [0.1, 0.15) is 11.1 Å².